The molecule has 1 aliphatic carbocycles. The molecular weight excluding hydrogens is 284 g/mol. The minimum atomic E-state index is -0.907. The van der Waals surface area contributed by atoms with E-state index in [1.54, 1.807) is 6.20 Å². The summed E-state index contributed by atoms with van der Waals surface area (Å²) in [7, 11) is 0. The molecule has 0 unspecified atom stereocenters. The van der Waals surface area contributed by atoms with Gasteiger partial charge in [-0.05, 0) is 22.4 Å². The molecule has 1 saturated carbocycles. The number of nitrogens with one attached hydrogen (secondary N) is 1. The molecule has 1 fully saturated rings. The van der Waals surface area contributed by atoms with Gasteiger partial charge in [0.05, 0.1) is 21.8 Å². The van der Waals surface area contributed by atoms with Crippen molar-refractivity contribution in [3.63, 3.8) is 0 Å². The summed E-state index contributed by atoms with van der Waals surface area (Å²) in [5, 5.41) is 11.7. The van der Waals surface area contributed by atoms with Crippen molar-refractivity contribution in [2.45, 2.75) is 6.42 Å². The molecule has 1 aliphatic rings. The number of aromatic nitrogens is 1. The Balaban J connectivity index is 1.92. The molecule has 0 radical (unpaired) electrons. The third-order valence-corrected chi connectivity index (χ3v) is 3.54. The van der Waals surface area contributed by atoms with E-state index in [4.69, 9.17) is 5.11 Å². The maximum Gasteiger partial charge on any atom is 0.307 e. The van der Waals surface area contributed by atoms with Gasteiger partial charge in [0.25, 0.3) is 0 Å². The highest BCUT2D eigenvalue weighted by Crippen LogP contribution is 2.39. The van der Waals surface area contributed by atoms with E-state index >= 15 is 0 Å². The van der Waals surface area contributed by atoms with Crippen LogP contribution in [0.25, 0.3) is 0 Å². The SMILES string of the molecule is O=C(O)[C@H]1C[C@H]1C(=O)Nc1ncc(Br)s1. The summed E-state index contributed by atoms with van der Waals surface area (Å²) in [6, 6.07) is 0. The second-order valence-corrected chi connectivity index (χ2v) is 5.66. The molecule has 0 bridgehead atoms. The maximum atomic E-state index is 11.5. The highest BCUT2D eigenvalue weighted by Gasteiger charge is 2.48. The predicted molar refractivity (Wildman–Crippen MR) is 57.7 cm³/mol. The van der Waals surface area contributed by atoms with Crippen LogP contribution >= 0.6 is 27.3 Å². The van der Waals surface area contributed by atoms with Gasteiger partial charge in [-0.25, -0.2) is 4.98 Å². The van der Waals surface area contributed by atoms with Crippen LogP contribution in [0.3, 0.4) is 0 Å². The summed E-state index contributed by atoms with van der Waals surface area (Å²) in [6.45, 7) is 0. The molecular formula is C8H7BrN2O3S. The first-order valence-corrected chi connectivity index (χ1v) is 5.84. The number of rotatable bonds is 3. The van der Waals surface area contributed by atoms with Crippen molar-refractivity contribution in [1.29, 1.82) is 0 Å². The molecule has 0 aliphatic heterocycles. The third kappa shape index (κ3) is 2.35. The summed E-state index contributed by atoms with van der Waals surface area (Å²) in [6.07, 6.45) is 2.01. The topological polar surface area (TPSA) is 79.3 Å². The number of amides is 1. The number of nitrogens with zero attached hydrogens (tertiary/aromatic N) is 1. The van der Waals surface area contributed by atoms with Gasteiger partial charge < -0.3 is 10.4 Å². The van der Waals surface area contributed by atoms with Crippen LogP contribution in [0.4, 0.5) is 5.13 Å². The van der Waals surface area contributed by atoms with Gasteiger partial charge in [-0.1, -0.05) is 11.3 Å². The average molecular weight is 291 g/mol. The van der Waals surface area contributed by atoms with Crippen LogP contribution in [-0.2, 0) is 9.59 Å². The van der Waals surface area contributed by atoms with Crippen molar-refractivity contribution < 1.29 is 14.7 Å². The van der Waals surface area contributed by atoms with Crippen LogP contribution in [0.1, 0.15) is 6.42 Å². The van der Waals surface area contributed by atoms with Gasteiger partial charge in [-0.2, -0.15) is 0 Å². The van der Waals surface area contributed by atoms with Crippen molar-refractivity contribution in [2.24, 2.45) is 11.8 Å². The normalized spacial score (nSPS) is 23.5. The predicted octanol–water partition coefficient (Wildman–Crippen LogP) is 1.56. The highest BCUT2D eigenvalue weighted by molar-refractivity contribution is 9.11. The van der Waals surface area contributed by atoms with Crippen molar-refractivity contribution in [2.75, 3.05) is 5.32 Å². The average Bonchev–Trinajstić information content (AvgIpc) is 2.86. The van der Waals surface area contributed by atoms with Gasteiger partial charge in [0.15, 0.2) is 5.13 Å². The number of hydrogen-bond donors (Lipinski definition) is 2. The van der Waals surface area contributed by atoms with Gasteiger partial charge in [-0.3, -0.25) is 9.59 Å². The lowest BCUT2D eigenvalue weighted by Crippen LogP contribution is -2.16. The number of hydrogen-bond acceptors (Lipinski definition) is 4. The molecule has 0 saturated heterocycles. The Morgan fingerprint density at radius 2 is 2.33 bits per heavy atom. The molecule has 7 heteroatoms. The molecule has 2 N–H and O–H groups in total. The first-order chi connectivity index (χ1) is 7.08. The van der Waals surface area contributed by atoms with E-state index in [0.717, 1.165) is 3.79 Å². The van der Waals surface area contributed by atoms with E-state index in [2.05, 4.69) is 26.2 Å². The fraction of sp³-hybridized carbons (Fsp3) is 0.375. The highest BCUT2D eigenvalue weighted by atomic mass is 79.9. The Labute approximate surface area is 97.6 Å². The Bertz CT molecular complexity index is 420. The molecule has 0 aromatic carbocycles. The minimum absolute atomic E-state index is 0.260. The van der Waals surface area contributed by atoms with Gasteiger partial charge in [0, 0.05) is 0 Å². The molecule has 2 rings (SSSR count). The summed E-state index contributed by atoms with van der Waals surface area (Å²) < 4.78 is 0.823. The van der Waals surface area contributed by atoms with Crippen molar-refractivity contribution >= 4 is 44.3 Å². The molecule has 0 spiro atoms. The van der Waals surface area contributed by atoms with Gasteiger partial charge >= 0.3 is 5.97 Å². The Morgan fingerprint density at radius 1 is 1.60 bits per heavy atom. The Kier molecular flexibility index (Phi) is 2.74. The number of aliphatic carboxylic acids is 1. The maximum absolute atomic E-state index is 11.5. The minimum Gasteiger partial charge on any atom is -0.481 e. The lowest BCUT2D eigenvalue weighted by atomic mass is 10.3. The molecule has 15 heavy (non-hydrogen) atoms. The lowest BCUT2D eigenvalue weighted by molar-refractivity contribution is -0.139. The first-order valence-electron chi connectivity index (χ1n) is 4.23. The summed E-state index contributed by atoms with van der Waals surface area (Å²) >= 11 is 4.52. The number of carbonyl (C=O) groups is 2. The van der Waals surface area contributed by atoms with Crippen LogP contribution in [0.15, 0.2) is 9.98 Å². The second kappa shape index (κ2) is 3.90. The lowest BCUT2D eigenvalue weighted by Gasteiger charge is -1.98. The first kappa shape index (κ1) is 10.6. The number of halogens is 1. The van der Waals surface area contributed by atoms with Crippen molar-refractivity contribution in [3.8, 4) is 0 Å². The van der Waals surface area contributed by atoms with Gasteiger partial charge in [-0.15, -0.1) is 0 Å². The molecule has 5 nitrogen and oxygen atoms in total. The smallest absolute Gasteiger partial charge is 0.307 e. The molecule has 1 aromatic rings. The van der Waals surface area contributed by atoms with Crippen molar-refractivity contribution in [3.05, 3.63) is 9.98 Å². The van der Waals surface area contributed by atoms with Crippen LogP contribution in [0.2, 0.25) is 0 Å². The summed E-state index contributed by atoms with van der Waals surface area (Å²) in [5.74, 6) is -2.08. The van der Waals surface area contributed by atoms with Crippen LogP contribution < -0.4 is 5.32 Å². The molecule has 1 aromatic heterocycles. The number of carboxylic acid groups (broad SMARTS) is 1. The zero-order valence-corrected chi connectivity index (χ0v) is 9.84. The zero-order chi connectivity index (χ0) is 11.0. The van der Waals surface area contributed by atoms with E-state index < -0.39 is 17.8 Å². The van der Waals surface area contributed by atoms with Crippen LogP contribution in [-0.4, -0.2) is 22.0 Å². The zero-order valence-electron chi connectivity index (χ0n) is 7.44. The number of anilines is 1. The molecule has 1 heterocycles. The van der Waals surface area contributed by atoms with E-state index in [9.17, 15) is 9.59 Å². The monoisotopic (exact) mass is 290 g/mol. The standard InChI is InChI=1S/C8H7BrN2O3S/c9-5-2-10-8(15-5)11-6(12)3-1-4(3)7(13)14/h2-4H,1H2,(H,13,14)(H,10,11,12)/t3-,4+/m1/s1. The summed E-state index contributed by atoms with van der Waals surface area (Å²) in [5.41, 5.74) is 0. The third-order valence-electron chi connectivity index (χ3n) is 2.15. The van der Waals surface area contributed by atoms with Crippen LogP contribution in [0.5, 0.6) is 0 Å². The molecule has 80 valence electrons. The summed E-state index contributed by atoms with van der Waals surface area (Å²) in [4.78, 5) is 25.9. The number of thiazole rings is 1. The van der Waals surface area contributed by atoms with Gasteiger partial charge in [0.1, 0.15) is 0 Å². The van der Waals surface area contributed by atoms with E-state index in [1.807, 2.05) is 0 Å². The Morgan fingerprint density at radius 3 is 2.80 bits per heavy atom. The Hall–Kier alpha value is -0.950. The van der Waals surface area contributed by atoms with E-state index in [1.165, 1.54) is 11.3 Å². The largest absolute Gasteiger partial charge is 0.481 e. The van der Waals surface area contributed by atoms with E-state index in [0.29, 0.717) is 11.6 Å². The molecule has 1 amide bonds. The van der Waals surface area contributed by atoms with Gasteiger partial charge in [0.2, 0.25) is 5.91 Å². The number of carbonyl (C=O) groups excluding carboxylic acids is 1. The molecule has 2 atom stereocenters. The fourth-order valence-corrected chi connectivity index (χ4v) is 2.38. The van der Waals surface area contributed by atoms with Crippen molar-refractivity contribution in [1.82, 2.24) is 4.98 Å². The second-order valence-electron chi connectivity index (χ2n) is 3.25. The van der Waals surface area contributed by atoms with E-state index in [-0.39, 0.29) is 5.91 Å². The number of carboxylic acids is 1. The quantitative estimate of drug-likeness (QED) is 0.886. The fourth-order valence-electron chi connectivity index (χ4n) is 1.27. The van der Waals surface area contributed by atoms with Crippen LogP contribution in [0, 0.1) is 11.8 Å².